The van der Waals surface area contributed by atoms with Crippen LogP contribution in [0.5, 0.6) is 0 Å². The average molecular weight is 338 g/mol. The van der Waals surface area contributed by atoms with Crippen LogP contribution >= 0.6 is 0 Å². The third-order valence-electron chi connectivity index (χ3n) is 3.83. The number of hydrogen-bond acceptors (Lipinski definition) is 3. The second-order valence-corrected chi connectivity index (χ2v) is 6.05. The highest BCUT2D eigenvalue weighted by molar-refractivity contribution is 5.95. The van der Waals surface area contributed by atoms with Gasteiger partial charge in [-0.05, 0) is 30.5 Å². The summed E-state index contributed by atoms with van der Waals surface area (Å²) in [5, 5.41) is 2.67. The van der Waals surface area contributed by atoms with Gasteiger partial charge in [0, 0.05) is 12.2 Å². The van der Waals surface area contributed by atoms with E-state index in [2.05, 4.69) is 5.32 Å². The Labute approximate surface area is 139 Å². The van der Waals surface area contributed by atoms with Gasteiger partial charge in [0.25, 0.3) is 0 Å². The van der Waals surface area contributed by atoms with Gasteiger partial charge in [-0.1, -0.05) is 19.9 Å². The van der Waals surface area contributed by atoms with Gasteiger partial charge >= 0.3 is 12.0 Å². The van der Waals surface area contributed by atoms with Gasteiger partial charge < -0.3 is 10.1 Å². The molecule has 5 nitrogen and oxygen atoms in total. The maximum atomic E-state index is 13.6. The maximum Gasteiger partial charge on any atom is 0.337 e. The molecule has 1 aromatic carbocycles. The highest BCUT2D eigenvalue weighted by Gasteiger charge is 2.36. The van der Waals surface area contributed by atoms with E-state index in [1.165, 1.54) is 18.1 Å². The molecule has 1 unspecified atom stereocenters. The molecule has 2 amide bonds. The lowest BCUT2D eigenvalue weighted by atomic mass is 9.94. The average Bonchev–Trinajstić information content (AvgIpc) is 2.52. The zero-order valence-corrected chi connectivity index (χ0v) is 14.0. The Balaban J connectivity index is 2.54. The number of methoxy groups -OCH3 is 1. The van der Waals surface area contributed by atoms with Crippen LogP contribution in [0.25, 0.3) is 0 Å². The third-order valence-corrected chi connectivity index (χ3v) is 3.83. The van der Waals surface area contributed by atoms with Gasteiger partial charge in [0.1, 0.15) is 0 Å². The summed E-state index contributed by atoms with van der Waals surface area (Å²) >= 11 is 0. The van der Waals surface area contributed by atoms with Crippen molar-refractivity contribution in [2.24, 2.45) is 5.92 Å². The summed E-state index contributed by atoms with van der Waals surface area (Å²) in [7, 11) is 1.23. The van der Waals surface area contributed by atoms with Crippen LogP contribution in [-0.2, 0) is 9.53 Å². The molecule has 24 heavy (non-hydrogen) atoms. The topological polar surface area (TPSA) is 58.6 Å². The second kappa shape index (κ2) is 6.98. The summed E-state index contributed by atoms with van der Waals surface area (Å²) in [4.78, 5) is 26.1. The first-order valence-corrected chi connectivity index (χ1v) is 7.58. The van der Waals surface area contributed by atoms with Crippen molar-refractivity contribution in [2.45, 2.75) is 26.8 Å². The van der Waals surface area contributed by atoms with E-state index in [1.807, 2.05) is 13.8 Å². The first-order chi connectivity index (χ1) is 11.3. The quantitative estimate of drug-likeness (QED) is 0.858. The van der Waals surface area contributed by atoms with Crippen molar-refractivity contribution in [3.05, 3.63) is 46.7 Å². The van der Waals surface area contributed by atoms with Crippen LogP contribution in [0.4, 0.5) is 13.6 Å². The summed E-state index contributed by atoms with van der Waals surface area (Å²) in [5.74, 6) is -2.49. The second-order valence-electron chi connectivity index (χ2n) is 6.05. The Morgan fingerprint density at radius 1 is 1.33 bits per heavy atom. The summed E-state index contributed by atoms with van der Waals surface area (Å²) in [5.41, 5.74) is 0.906. The molecular formula is C17H20F2N2O3. The van der Waals surface area contributed by atoms with E-state index >= 15 is 0 Å². The molecule has 0 radical (unpaired) electrons. The summed E-state index contributed by atoms with van der Waals surface area (Å²) < 4.78 is 31.5. The molecule has 0 aliphatic carbocycles. The van der Waals surface area contributed by atoms with Crippen LogP contribution < -0.4 is 5.32 Å². The molecule has 1 N–H and O–H groups in total. The van der Waals surface area contributed by atoms with Crippen molar-refractivity contribution in [3.63, 3.8) is 0 Å². The molecule has 0 fully saturated rings. The van der Waals surface area contributed by atoms with Gasteiger partial charge in [0.2, 0.25) is 0 Å². The Morgan fingerprint density at radius 2 is 2.00 bits per heavy atom. The van der Waals surface area contributed by atoms with Crippen LogP contribution in [0.15, 0.2) is 29.5 Å². The lowest BCUT2D eigenvalue weighted by Crippen LogP contribution is -2.49. The van der Waals surface area contributed by atoms with E-state index in [1.54, 1.807) is 6.92 Å². The van der Waals surface area contributed by atoms with Crippen LogP contribution in [0.2, 0.25) is 0 Å². The zero-order chi connectivity index (χ0) is 18.0. The Morgan fingerprint density at radius 3 is 2.54 bits per heavy atom. The van der Waals surface area contributed by atoms with Crippen molar-refractivity contribution < 1.29 is 23.1 Å². The van der Waals surface area contributed by atoms with Gasteiger partial charge in [0.05, 0.1) is 18.7 Å². The molecule has 0 bridgehead atoms. The fraction of sp³-hybridized carbons (Fsp3) is 0.412. The first kappa shape index (κ1) is 17.9. The summed E-state index contributed by atoms with van der Waals surface area (Å²) in [6.45, 7) is 5.95. The number of hydrogen-bond donors (Lipinski definition) is 1. The van der Waals surface area contributed by atoms with E-state index < -0.39 is 29.7 Å². The molecule has 1 aliphatic heterocycles. The van der Waals surface area contributed by atoms with Crippen molar-refractivity contribution in [3.8, 4) is 0 Å². The predicted octanol–water partition coefficient (Wildman–Crippen LogP) is 3.13. The lowest BCUT2D eigenvalue weighted by molar-refractivity contribution is -0.136. The van der Waals surface area contributed by atoms with Crippen LogP contribution in [0.1, 0.15) is 32.4 Å². The third kappa shape index (κ3) is 3.39. The zero-order valence-electron chi connectivity index (χ0n) is 14.0. The molecule has 1 aromatic rings. The van der Waals surface area contributed by atoms with Crippen molar-refractivity contribution in [2.75, 3.05) is 13.7 Å². The molecule has 0 saturated carbocycles. The number of halogens is 2. The minimum absolute atomic E-state index is 0.185. The van der Waals surface area contributed by atoms with Crippen molar-refractivity contribution in [1.29, 1.82) is 0 Å². The number of carbonyl (C=O) groups is 2. The fourth-order valence-electron chi connectivity index (χ4n) is 2.68. The Hall–Kier alpha value is -2.44. The van der Waals surface area contributed by atoms with Gasteiger partial charge in [0.15, 0.2) is 11.6 Å². The number of urea groups is 1. The van der Waals surface area contributed by atoms with Gasteiger partial charge in [-0.25, -0.2) is 18.4 Å². The lowest BCUT2D eigenvalue weighted by Gasteiger charge is -2.36. The van der Waals surface area contributed by atoms with Crippen molar-refractivity contribution >= 4 is 12.0 Å². The molecule has 0 aromatic heterocycles. The van der Waals surface area contributed by atoms with E-state index in [0.717, 1.165) is 12.1 Å². The van der Waals surface area contributed by atoms with Gasteiger partial charge in [-0.2, -0.15) is 0 Å². The van der Waals surface area contributed by atoms with E-state index in [9.17, 15) is 18.4 Å². The molecule has 1 atom stereocenters. The number of ether oxygens (including phenoxy) is 1. The number of carbonyl (C=O) groups excluding carboxylic acids is 2. The number of nitrogens with zero attached hydrogens (tertiary/aromatic N) is 1. The number of benzene rings is 1. The molecule has 0 saturated heterocycles. The minimum Gasteiger partial charge on any atom is -0.466 e. The number of nitrogens with one attached hydrogen (secondary N) is 1. The van der Waals surface area contributed by atoms with Crippen molar-refractivity contribution in [1.82, 2.24) is 10.2 Å². The standard InChI is InChI=1S/C17H20F2N2O3/c1-9(2)8-21-10(3)14(16(22)24-4)15(20-17(21)23)11-5-6-12(18)13(19)7-11/h5-7,9,15H,8H2,1-4H3,(H,20,23). The predicted molar refractivity (Wildman–Crippen MR) is 83.9 cm³/mol. The Kier molecular flexibility index (Phi) is 5.21. The summed E-state index contributed by atoms with van der Waals surface area (Å²) in [6.07, 6.45) is 0. The number of allylic oxidation sites excluding steroid dienone is 1. The Bertz CT molecular complexity index is 701. The van der Waals surface area contributed by atoms with Gasteiger partial charge in [-0.3, -0.25) is 4.90 Å². The molecule has 7 heteroatoms. The monoisotopic (exact) mass is 338 g/mol. The fourth-order valence-corrected chi connectivity index (χ4v) is 2.68. The van der Waals surface area contributed by atoms with E-state index in [-0.39, 0.29) is 17.1 Å². The number of esters is 1. The molecule has 1 aliphatic rings. The van der Waals surface area contributed by atoms with Gasteiger partial charge in [-0.15, -0.1) is 0 Å². The molecule has 1 heterocycles. The number of amides is 2. The number of rotatable bonds is 4. The first-order valence-electron chi connectivity index (χ1n) is 7.58. The van der Waals surface area contributed by atoms with Crippen LogP contribution in [0, 0.1) is 17.6 Å². The maximum absolute atomic E-state index is 13.6. The highest BCUT2D eigenvalue weighted by atomic mass is 19.2. The highest BCUT2D eigenvalue weighted by Crippen LogP contribution is 2.32. The SMILES string of the molecule is COC(=O)C1=C(C)N(CC(C)C)C(=O)NC1c1ccc(F)c(F)c1. The van der Waals surface area contributed by atoms with E-state index in [4.69, 9.17) is 4.74 Å². The van der Waals surface area contributed by atoms with Crippen LogP contribution in [-0.4, -0.2) is 30.6 Å². The largest absolute Gasteiger partial charge is 0.466 e. The van der Waals surface area contributed by atoms with Crippen LogP contribution in [0.3, 0.4) is 0 Å². The molecule has 2 rings (SSSR count). The van der Waals surface area contributed by atoms with E-state index in [0.29, 0.717) is 12.2 Å². The minimum atomic E-state index is -1.05. The smallest absolute Gasteiger partial charge is 0.337 e. The molecule has 130 valence electrons. The molecular weight excluding hydrogens is 318 g/mol. The summed E-state index contributed by atoms with van der Waals surface area (Å²) in [6, 6.07) is 1.96. The molecule has 0 spiro atoms. The normalized spacial score (nSPS) is 18.0.